The predicted octanol–water partition coefficient (Wildman–Crippen LogP) is 21.8. The van der Waals surface area contributed by atoms with Crippen LogP contribution in [-0.2, 0) is 25.7 Å². The van der Waals surface area contributed by atoms with Crippen molar-refractivity contribution >= 4 is 21.7 Å². The molecule has 0 spiro atoms. The molecule has 11 aromatic carbocycles. The van der Waals surface area contributed by atoms with Crippen molar-refractivity contribution in [2.45, 2.75) is 109 Å². The first-order chi connectivity index (χ1) is 40.6. The van der Waals surface area contributed by atoms with Crippen LogP contribution in [0.3, 0.4) is 0 Å². The molecule has 1 aromatic heterocycles. The quantitative estimate of drug-likeness (QED) is 0.147. The number of para-hydroxylation sites is 1. The van der Waals surface area contributed by atoms with Crippen LogP contribution in [0.4, 0.5) is 0 Å². The van der Waals surface area contributed by atoms with Crippen molar-refractivity contribution < 1.29 is 0 Å². The zero-order valence-corrected chi connectivity index (χ0v) is 51.5. The second-order valence-corrected chi connectivity index (χ2v) is 23.9. The first-order valence-corrected chi connectivity index (χ1v) is 30.1. The van der Waals surface area contributed by atoms with Crippen molar-refractivity contribution in [3.63, 3.8) is 0 Å². The zero-order chi connectivity index (χ0) is 58.8. The van der Waals surface area contributed by atoms with Crippen LogP contribution >= 0.6 is 0 Å². The van der Waals surface area contributed by atoms with E-state index in [2.05, 4.69) is 282 Å². The van der Waals surface area contributed by atoms with E-state index >= 15 is 0 Å². The van der Waals surface area contributed by atoms with E-state index in [4.69, 9.17) is 0 Å². The van der Waals surface area contributed by atoms with Crippen molar-refractivity contribution in [1.29, 1.82) is 0 Å². The van der Waals surface area contributed by atoms with Gasteiger partial charge in [0.15, 0.2) is 0 Å². The molecule has 1 heterocycles. The van der Waals surface area contributed by atoms with Gasteiger partial charge in [0.2, 0.25) is 0 Å². The van der Waals surface area contributed by atoms with Gasteiger partial charge in [-0.3, -0.25) is 4.98 Å². The van der Waals surface area contributed by atoms with Crippen LogP contribution < -0.4 is 0 Å². The predicted molar refractivity (Wildman–Crippen MR) is 361 cm³/mol. The summed E-state index contributed by atoms with van der Waals surface area (Å²) in [7, 11) is 0. The molecule has 0 fully saturated rings. The Hall–Kier alpha value is -8.91. The summed E-state index contributed by atoms with van der Waals surface area (Å²) in [6.45, 7) is 26.2. The minimum atomic E-state index is 1.08. The van der Waals surface area contributed by atoms with E-state index in [1.807, 2.05) is 18.3 Å². The third-order valence-corrected chi connectivity index (χ3v) is 18.6. The van der Waals surface area contributed by atoms with E-state index in [0.717, 1.165) is 31.2 Å². The van der Waals surface area contributed by atoms with Gasteiger partial charge in [-0.1, -0.05) is 200 Å². The standard InChI is InChI=1S/4C15H14.C12H12.C11H11N/c2*1-10-7-13-9-12-5-3-4-6-14(12)15(13)8-11(10)2;1-10-7-8-13-9-12-5-3-4-6-14(12)15(13)11(10)2;1-10-7-8-14-13-6-4-3-5-12(13)9-15(14)11(10)2;1-9-7-8-11-5-3-4-6-12(11)10(9)2;1-8-7-12-11-6-4-3-5-10(11)9(8)2/h4*3-8H,9H2,1-2H3;3-8H,1-2H3;3-7H,1-2H3. The summed E-state index contributed by atoms with van der Waals surface area (Å²) in [5.74, 6) is 0. The monoisotopic (exact) mass is 1090 g/mol. The number of fused-ring (bicyclic) bond motifs is 14. The van der Waals surface area contributed by atoms with Gasteiger partial charge in [0.05, 0.1) is 5.52 Å². The fourth-order valence-electron chi connectivity index (χ4n) is 12.7. The maximum atomic E-state index is 4.34. The lowest BCUT2D eigenvalue weighted by molar-refractivity contribution is 1.19. The number of rotatable bonds is 0. The van der Waals surface area contributed by atoms with Crippen LogP contribution in [0, 0.1) is 83.1 Å². The molecule has 0 amide bonds. The molecule has 0 atom stereocenters. The molecule has 0 unspecified atom stereocenters. The highest BCUT2D eigenvalue weighted by atomic mass is 14.6. The fraction of sp³-hybridized carbons (Fsp3) is 0.193. The Morgan fingerprint density at radius 2 is 0.667 bits per heavy atom. The molecule has 1 nitrogen and oxygen atoms in total. The molecule has 16 rings (SSSR count). The number of pyridine rings is 1. The second-order valence-electron chi connectivity index (χ2n) is 23.9. The number of benzene rings is 11. The lowest BCUT2D eigenvalue weighted by Crippen LogP contribution is -1.89. The average Bonchev–Trinajstić information content (AvgIpc) is 2.90. The molecule has 0 aliphatic heterocycles. The topological polar surface area (TPSA) is 12.9 Å². The summed E-state index contributed by atoms with van der Waals surface area (Å²) in [5.41, 5.74) is 41.1. The molecule has 12 aromatic rings. The molecular formula is C83H79N. The maximum Gasteiger partial charge on any atom is 0.0704 e. The largest absolute Gasteiger partial charge is 0.256 e. The molecule has 0 saturated carbocycles. The Bertz CT molecular complexity index is 4250. The number of aromatic nitrogens is 1. The van der Waals surface area contributed by atoms with Gasteiger partial charge >= 0.3 is 0 Å². The van der Waals surface area contributed by atoms with E-state index in [0.29, 0.717) is 0 Å². The highest BCUT2D eigenvalue weighted by Crippen LogP contribution is 2.42. The number of hydrogen-bond acceptors (Lipinski definition) is 1. The minimum Gasteiger partial charge on any atom is -0.256 e. The van der Waals surface area contributed by atoms with Gasteiger partial charge < -0.3 is 0 Å². The molecule has 1 heteroatoms. The van der Waals surface area contributed by atoms with Gasteiger partial charge in [0, 0.05) is 11.6 Å². The van der Waals surface area contributed by atoms with E-state index in [1.54, 1.807) is 0 Å². The highest BCUT2D eigenvalue weighted by Gasteiger charge is 2.22. The smallest absolute Gasteiger partial charge is 0.0704 e. The van der Waals surface area contributed by atoms with Gasteiger partial charge in [-0.05, 0) is 281 Å². The van der Waals surface area contributed by atoms with E-state index in [1.165, 1.54) is 172 Å². The van der Waals surface area contributed by atoms with Crippen molar-refractivity contribution in [2.75, 3.05) is 0 Å². The summed E-state index contributed by atoms with van der Waals surface area (Å²) in [5, 5.41) is 3.97. The van der Waals surface area contributed by atoms with Crippen LogP contribution in [0.2, 0.25) is 0 Å². The summed E-state index contributed by atoms with van der Waals surface area (Å²) < 4.78 is 0. The van der Waals surface area contributed by atoms with E-state index in [9.17, 15) is 0 Å². The van der Waals surface area contributed by atoms with Crippen molar-refractivity contribution in [3.05, 3.63) is 324 Å². The first kappa shape index (κ1) is 56.9. The Morgan fingerprint density at radius 3 is 1.27 bits per heavy atom. The van der Waals surface area contributed by atoms with Crippen molar-refractivity contribution in [1.82, 2.24) is 4.98 Å². The molecule has 4 aliphatic rings. The summed E-state index contributed by atoms with van der Waals surface area (Å²) in [6, 6.07) is 74.4. The Balaban J connectivity index is 0.000000105. The molecule has 0 N–H and O–H groups in total. The van der Waals surface area contributed by atoms with Crippen molar-refractivity contribution in [2.24, 2.45) is 0 Å². The van der Waals surface area contributed by atoms with Gasteiger partial charge in [0.1, 0.15) is 0 Å². The lowest BCUT2D eigenvalue weighted by Gasteiger charge is -2.08. The summed E-state index contributed by atoms with van der Waals surface area (Å²) in [4.78, 5) is 4.34. The molecule has 416 valence electrons. The molecule has 84 heavy (non-hydrogen) atoms. The summed E-state index contributed by atoms with van der Waals surface area (Å²) in [6.07, 6.45) is 6.35. The van der Waals surface area contributed by atoms with Crippen LogP contribution in [0.5, 0.6) is 0 Å². The minimum absolute atomic E-state index is 1.08. The van der Waals surface area contributed by atoms with Crippen LogP contribution in [0.1, 0.15) is 111 Å². The first-order valence-electron chi connectivity index (χ1n) is 30.1. The van der Waals surface area contributed by atoms with Crippen molar-refractivity contribution in [3.8, 4) is 44.5 Å². The lowest BCUT2D eigenvalue weighted by atomic mass is 9.97. The Labute approximate surface area is 500 Å². The van der Waals surface area contributed by atoms with Crippen LogP contribution in [-0.4, -0.2) is 4.98 Å². The zero-order valence-electron chi connectivity index (χ0n) is 51.5. The molecule has 0 bridgehead atoms. The molecule has 4 aliphatic carbocycles. The van der Waals surface area contributed by atoms with E-state index in [-0.39, 0.29) is 0 Å². The van der Waals surface area contributed by atoms with Gasteiger partial charge in [-0.15, -0.1) is 0 Å². The van der Waals surface area contributed by atoms with Gasteiger partial charge in [-0.25, -0.2) is 0 Å². The average molecular weight is 1090 g/mol. The molecule has 0 radical (unpaired) electrons. The van der Waals surface area contributed by atoms with Gasteiger partial charge in [-0.2, -0.15) is 0 Å². The van der Waals surface area contributed by atoms with Gasteiger partial charge in [0.25, 0.3) is 0 Å². The van der Waals surface area contributed by atoms with Crippen LogP contribution in [0.25, 0.3) is 66.2 Å². The Morgan fingerprint density at radius 1 is 0.250 bits per heavy atom. The van der Waals surface area contributed by atoms with Crippen LogP contribution in [0.15, 0.2) is 212 Å². The highest BCUT2D eigenvalue weighted by molar-refractivity contribution is 5.87. The molecular weight excluding hydrogens is 1010 g/mol. The SMILES string of the molecule is Cc1cc2c(cc1C)-c1ccccc1C2.Cc1cc2c(cc1C)-c1ccccc1C2.Cc1ccc2c(c1C)-c1ccccc1C2.Cc1ccc2c(c1C)Cc1ccccc1-2.Cc1ccc2ccccc2c1C.Cc1cnc2ccccc2c1C. The number of nitrogens with zero attached hydrogens (tertiary/aromatic N) is 1. The third-order valence-electron chi connectivity index (χ3n) is 18.6. The maximum absolute atomic E-state index is 4.34. The molecule has 0 saturated heterocycles. The fourth-order valence-corrected chi connectivity index (χ4v) is 12.7. The normalized spacial score (nSPS) is 11.9. The Kier molecular flexibility index (Phi) is 16.6. The number of aryl methyl sites for hydroxylation is 10. The summed E-state index contributed by atoms with van der Waals surface area (Å²) >= 11 is 0. The number of hydrogen-bond donors (Lipinski definition) is 0. The third kappa shape index (κ3) is 11.6. The second kappa shape index (κ2) is 24.5. The van der Waals surface area contributed by atoms with E-state index < -0.39 is 0 Å².